The van der Waals surface area contributed by atoms with Gasteiger partial charge in [-0.2, -0.15) is 0 Å². The molecule has 0 radical (unpaired) electrons. The van der Waals surface area contributed by atoms with Crippen molar-refractivity contribution in [2.45, 2.75) is 6.54 Å². The molecule has 1 aromatic heterocycles. The third-order valence-corrected chi connectivity index (χ3v) is 1.13. The predicted octanol–water partition coefficient (Wildman–Crippen LogP) is 0.569. The molecule has 3 nitrogen and oxygen atoms in total. The zero-order valence-electron chi connectivity index (χ0n) is 5.57. The number of rotatable bonds is 2. The fourth-order valence-corrected chi connectivity index (χ4v) is 0.646. The molecule has 0 fully saturated rings. The van der Waals surface area contributed by atoms with Crippen molar-refractivity contribution in [2.24, 2.45) is 10.7 Å². The molecule has 0 aliphatic rings. The van der Waals surface area contributed by atoms with Crippen LogP contribution in [-0.4, -0.2) is 11.3 Å². The van der Waals surface area contributed by atoms with E-state index in [0.717, 1.165) is 5.56 Å². The summed E-state index contributed by atoms with van der Waals surface area (Å²) in [5.74, 6) is 0. The maximum absolute atomic E-state index is 5.07. The highest BCUT2D eigenvalue weighted by Gasteiger charge is 1.84. The maximum atomic E-state index is 5.07. The minimum atomic E-state index is 0.638. The molecule has 0 saturated heterocycles. The summed E-state index contributed by atoms with van der Waals surface area (Å²) < 4.78 is 0. The summed E-state index contributed by atoms with van der Waals surface area (Å²) in [6.07, 6.45) is 4.78. The Bertz CT molecular complexity index is 205. The average molecular weight is 135 g/mol. The zero-order valence-corrected chi connectivity index (χ0v) is 5.57. The highest BCUT2D eigenvalue weighted by Crippen LogP contribution is 1.96. The normalized spacial score (nSPS) is 10.4. The lowest BCUT2D eigenvalue weighted by atomic mass is 10.3. The van der Waals surface area contributed by atoms with Gasteiger partial charge in [-0.25, -0.2) is 0 Å². The van der Waals surface area contributed by atoms with E-state index in [0.29, 0.717) is 6.54 Å². The smallest absolute Gasteiger partial charge is 0.0801 e. The van der Waals surface area contributed by atoms with Crippen LogP contribution in [0.5, 0.6) is 0 Å². The van der Waals surface area contributed by atoms with Crippen LogP contribution in [0.3, 0.4) is 0 Å². The van der Waals surface area contributed by atoms with Crippen LogP contribution in [0.1, 0.15) is 5.56 Å². The van der Waals surface area contributed by atoms with Gasteiger partial charge in [-0.05, 0) is 17.7 Å². The van der Waals surface area contributed by atoms with E-state index in [2.05, 4.69) is 9.98 Å². The van der Waals surface area contributed by atoms with Gasteiger partial charge in [0, 0.05) is 12.4 Å². The van der Waals surface area contributed by atoms with Gasteiger partial charge in [0.05, 0.1) is 12.9 Å². The second-order valence-electron chi connectivity index (χ2n) is 1.85. The Morgan fingerprint density at radius 1 is 1.50 bits per heavy atom. The first-order valence-electron chi connectivity index (χ1n) is 3.02. The lowest BCUT2D eigenvalue weighted by Crippen LogP contribution is -1.90. The molecule has 1 heterocycles. The molecule has 0 amide bonds. The Morgan fingerprint density at radius 3 is 2.80 bits per heavy atom. The SMILES string of the molecule is NC=NCc1ccncc1. The lowest BCUT2D eigenvalue weighted by Gasteiger charge is -1.91. The van der Waals surface area contributed by atoms with Gasteiger partial charge in [-0.15, -0.1) is 0 Å². The molecule has 2 N–H and O–H groups in total. The van der Waals surface area contributed by atoms with Gasteiger partial charge in [0.25, 0.3) is 0 Å². The largest absolute Gasteiger partial charge is 0.390 e. The van der Waals surface area contributed by atoms with Crippen LogP contribution in [0.15, 0.2) is 29.5 Å². The van der Waals surface area contributed by atoms with Gasteiger partial charge in [0.2, 0.25) is 0 Å². The van der Waals surface area contributed by atoms with Crippen LogP contribution in [-0.2, 0) is 6.54 Å². The molecule has 0 spiro atoms. The van der Waals surface area contributed by atoms with Crippen molar-refractivity contribution in [3.8, 4) is 0 Å². The molecule has 3 heteroatoms. The Kier molecular flexibility index (Phi) is 2.43. The molecule has 0 aliphatic carbocycles. The first kappa shape index (κ1) is 6.74. The van der Waals surface area contributed by atoms with Crippen molar-refractivity contribution in [3.05, 3.63) is 30.1 Å². The topological polar surface area (TPSA) is 51.3 Å². The van der Waals surface area contributed by atoms with Crippen LogP contribution < -0.4 is 5.73 Å². The van der Waals surface area contributed by atoms with E-state index in [9.17, 15) is 0 Å². The lowest BCUT2D eigenvalue weighted by molar-refractivity contribution is 1.06. The Morgan fingerprint density at radius 2 is 2.20 bits per heavy atom. The van der Waals surface area contributed by atoms with E-state index in [4.69, 9.17) is 5.73 Å². The molecular formula is C7H9N3. The van der Waals surface area contributed by atoms with Crippen molar-refractivity contribution in [1.29, 1.82) is 0 Å². The van der Waals surface area contributed by atoms with Crippen molar-refractivity contribution in [1.82, 2.24) is 4.98 Å². The molecule has 0 bridgehead atoms. The first-order chi connectivity index (χ1) is 4.93. The molecule has 0 saturated carbocycles. The van der Waals surface area contributed by atoms with E-state index in [1.165, 1.54) is 6.34 Å². The summed E-state index contributed by atoms with van der Waals surface area (Å²) in [7, 11) is 0. The Balaban J connectivity index is 2.59. The molecule has 0 aromatic carbocycles. The van der Waals surface area contributed by atoms with Gasteiger partial charge in [0.1, 0.15) is 0 Å². The number of aliphatic imine (C=N–C) groups is 1. The second kappa shape index (κ2) is 3.61. The third-order valence-electron chi connectivity index (χ3n) is 1.13. The number of hydrogen-bond acceptors (Lipinski definition) is 2. The minimum Gasteiger partial charge on any atom is -0.390 e. The quantitative estimate of drug-likeness (QED) is 0.476. The van der Waals surface area contributed by atoms with Crippen molar-refractivity contribution in [3.63, 3.8) is 0 Å². The summed E-state index contributed by atoms with van der Waals surface area (Å²) in [5.41, 5.74) is 6.19. The minimum absolute atomic E-state index is 0.638. The molecule has 0 atom stereocenters. The van der Waals surface area contributed by atoms with Gasteiger partial charge in [0.15, 0.2) is 0 Å². The van der Waals surface area contributed by atoms with E-state index in [1.54, 1.807) is 12.4 Å². The fraction of sp³-hybridized carbons (Fsp3) is 0.143. The highest BCUT2D eigenvalue weighted by atomic mass is 14.8. The van der Waals surface area contributed by atoms with Crippen LogP contribution in [0.25, 0.3) is 0 Å². The molecule has 0 aliphatic heterocycles. The maximum Gasteiger partial charge on any atom is 0.0801 e. The predicted molar refractivity (Wildman–Crippen MR) is 40.6 cm³/mol. The van der Waals surface area contributed by atoms with Crippen molar-refractivity contribution < 1.29 is 0 Å². The molecule has 0 unspecified atom stereocenters. The summed E-state index contributed by atoms with van der Waals surface area (Å²) in [4.78, 5) is 7.74. The number of nitrogens with two attached hydrogens (primary N) is 1. The second-order valence-corrected chi connectivity index (χ2v) is 1.85. The van der Waals surface area contributed by atoms with Gasteiger partial charge in [-0.3, -0.25) is 9.98 Å². The highest BCUT2D eigenvalue weighted by molar-refractivity contribution is 5.51. The van der Waals surface area contributed by atoms with Gasteiger partial charge < -0.3 is 5.73 Å². The van der Waals surface area contributed by atoms with E-state index in [1.807, 2.05) is 12.1 Å². The van der Waals surface area contributed by atoms with Crippen molar-refractivity contribution >= 4 is 6.34 Å². The van der Waals surface area contributed by atoms with Gasteiger partial charge in [-0.1, -0.05) is 0 Å². The number of nitrogens with zero attached hydrogens (tertiary/aromatic N) is 2. The van der Waals surface area contributed by atoms with Crippen LogP contribution >= 0.6 is 0 Å². The van der Waals surface area contributed by atoms with Crippen LogP contribution in [0.2, 0.25) is 0 Å². The number of hydrogen-bond donors (Lipinski definition) is 1. The van der Waals surface area contributed by atoms with Crippen LogP contribution in [0.4, 0.5) is 0 Å². The summed E-state index contributed by atoms with van der Waals surface area (Å²) in [6, 6.07) is 3.82. The zero-order chi connectivity index (χ0) is 7.23. The molecule has 10 heavy (non-hydrogen) atoms. The Hall–Kier alpha value is -1.38. The van der Waals surface area contributed by atoms with E-state index < -0.39 is 0 Å². The first-order valence-corrected chi connectivity index (χ1v) is 3.02. The van der Waals surface area contributed by atoms with Crippen LogP contribution in [0, 0.1) is 0 Å². The van der Waals surface area contributed by atoms with E-state index >= 15 is 0 Å². The monoisotopic (exact) mass is 135 g/mol. The summed E-state index contributed by atoms with van der Waals surface area (Å²) in [6.45, 7) is 0.638. The standard InChI is InChI=1S/C7H9N3/c8-6-10-5-7-1-3-9-4-2-7/h1-4,6H,5H2,(H2,8,10). The number of aromatic nitrogens is 1. The summed E-state index contributed by atoms with van der Waals surface area (Å²) >= 11 is 0. The average Bonchev–Trinajstić information content (AvgIpc) is 2.03. The Labute approximate surface area is 59.6 Å². The van der Waals surface area contributed by atoms with Crippen molar-refractivity contribution in [2.75, 3.05) is 0 Å². The number of pyridine rings is 1. The molecule has 52 valence electrons. The molecule has 1 aromatic rings. The molecular weight excluding hydrogens is 126 g/mol. The summed E-state index contributed by atoms with van der Waals surface area (Å²) in [5, 5.41) is 0. The van der Waals surface area contributed by atoms with Gasteiger partial charge >= 0.3 is 0 Å². The van der Waals surface area contributed by atoms with E-state index in [-0.39, 0.29) is 0 Å². The fourth-order valence-electron chi connectivity index (χ4n) is 0.646. The third kappa shape index (κ3) is 1.85. The molecule has 1 rings (SSSR count).